The first-order valence-corrected chi connectivity index (χ1v) is 9.72. The quantitative estimate of drug-likeness (QED) is 0.436. The molecule has 0 saturated carbocycles. The summed E-state index contributed by atoms with van der Waals surface area (Å²) in [5.41, 5.74) is 1.81. The highest BCUT2D eigenvalue weighted by Crippen LogP contribution is 2.37. The van der Waals surface area contributed by atoms with Crippen molar-refractivity contribution in [2.24, 2.45) is 0 Å². The van der Waals surface area contributed by atoms with Crippen molar-refractivity contribution in [3.05, 3.63) is 56.5 Å². The van der Waals surface area contributed by atoms with Gasteiger partial charge < -0.3 is 14.8 Å². The van der Waals surface area contributed by atoms with Crippen LogP contribution in [0.15, 0.2) is 40.4 Å². The number of nitrogens with one attached hydrogen (secondary N) is 1. The van der Waals surface area contributed by atoms with E-state index in [0.29, 0.717) is 38.9 Å². The summed E-state index contributed by atoms with van der Waals surface area (Å²) in [4.78, 5) is 12.6. The second-order valence-corrected chi connectivity index (χ2v) is 7.08. The van der Waals surface area contributed by atoms with E-state index >= 15 is 0 Å². The first-order valence-electron chi connectivity index (χ1n) is 8.55. The lowest BCUT2D eigenvalue weighted by atomic mass is 10.1. The Balaban J connectivity index is 2.36. The van der Waals surface area contributed by atoms with E-state index in [0.717, 1.165) is 5.56 Å². The monoisotopic (exact) mass is 473 g/mol. The van der Waals surface area contributed by atoms with Gasteiger partial charge in [-0.25, -0.2) is 0 Å². The third kappa shape index (κ3) is 5.99. The Kier molecular flexibility index (Phi) is 8.09. The van der Waals surface area contributed by atoms with Crippen LogP contribution in [0.3, 0.4) is 0 Å². The predicted molar refractivity (Wildman–Crippen MR) is 115 cm³/mol. The zero-order valence-corrected chi connectivity index (χ0v) is 18.1. The summed E-state index contributed by atoms with van der Waals surface area (Å²) in [6.45, 7) is 3.87. The fourth-order valence-corrected chi connectivity index (χ4v) is 3.16. The maximum atomic E-state index is 12.6. The molecule has 0 fully saturated rings. The van der Waals surface area contributed by atoms with E-state index in [4.69, 9.17) is 26.3 Å². The van der Waals surface area contributed by atoms with Crippen LogP contribution in [0, 0.1) is 29.6 Å². The number of carbonyl (C=O) groups excluding carboxylic acids is 1. The van der Waals surface area contributed by atoms with Gasteiger partial charge in [0, 0.05) is 10.7 Å². The van der Waals surface area contributed by atoms with Gasteiger partial charge >= 0.3 is 0 Å². The average molecular weight is 475 g/mol. The van der Waals surface area contributed by atoms with Gasteiger partial charge in [0.05, 0.1) is 11.1 Å². The highest BCUT2D eigenvalue weighted by atomic mass is 79.9. The van der Waals surface area contributed by atoms with Crippen LogP contribution in [0.4, 0.5) is 5.69 Å². The van der Waals surface area contributed by atoms with Gasteiger partial charge in [-0.15, -0.1) is 0 Å². The molecule has 1 N–H and O–H groups in total. The molecule has 6 nitrogen and oxygen atoms in total. The minimum Gasteiger partial charge on any atom is -0.490 e. The minimum absolute atomic E-state index is 0.0931. The van der Waals surface area contributed by atoms with Crippen LogP contribution >= 0.6 is 27.5 Å². The number of ether oxygens (including phenoxy) is 2. The highest BCUT2D eigenvalue weighted by Gasteiger charge is 2.15. The van der Waals surface area contributed by atoms with E-state index < -0.39 is 5.91 Å². The number of halogens is 2. The Morgan fingerprint density at radius 1 is 1.28 bits per heavy atom. The first kappa shape index (κ1) is 22.3. The number of carbonyl (C=O) groups is 1. The minimum atomic E-state index is -0.559. The molecule has 0 aliphatic carbocycles. The second-order valence-electron chi connectivity index (χ2n) is 5.79. The van der Waals surface area contributed by atoms with Crippen molar-refractivity contribution in [2.75, 3.05) is 18.5 Å². The molecule has 0 atom stereocenters. The average Bonchev–Trinajstić information content (AvgIpc) is 2.68. The van der Waals surface area contributed by atoms with E-state index in [1.807, 2.05) is 26.0 Å². The molecular weight excluding hydrogens is 458 g/mol. The van der Waals surface area contributed by atoms with Crippen LogP contribution < -0.4 is 14.8 Å². The second kappa shape index (κ2) is 10.5. The van der Waals surface area contributed by atoms with E-state index in [-0.39, 0.29) is 12.2 Å². The molecule has 0 aromatic heterocycles. The van der Waals surface area contributed by atoms with Gasteiger partial charge in [0.1, 0.15) is 17.7 Å². The SMILES string of the molecule is CCOc1cc(/C=C(\C#N)C(=O)Nc2cc(Cl)ccc2C)cc(Br)c1OCC#N. The number of aryl methyl sites for hydroxylation is 1. The number of amides is 1. The smallest absolute Gasteiger partial charge is 0.266 e. The van der Waals surface area contributed by atoms with Crippen molar-refractivity contribution < 1.29 is 14.3 Å². The molecule has 0 saturated heterocycles. The number of hydrogen-bond donors (Lipinski definition) is 1. The Hall–Kier alpha value is -3.00. The molecule has 0 bridgehead atoms. The lowest BCUT2D eigenvalue weighted by molar-refractivity contribution is -0.112. The standard InChI is InChI=1S/C21H17BrClN3O3/c1-3-28-19-10-14(9-17(22)20(19)29-7-6-24)8-15(12-25)21(27)26-18-11-16(23)5-4-13(18)2/h4-5,8-11H,3,7H2,1-2H3,(H,26,27)/b15-8+. The number of rotatable bonds is 7. The Morgan fingerprint density at radius 3 is 2.69 bits per heavy atom. The maximum absolute atomic E-state index is 12.6. The molecule has 0 unspecified atom stereocenters. The summed E-state index contributed by atoms with van der Waals surface area (Å²) < 4.78 is 11.5. The highest BCUT2D eigenvalue weighted by molar-refractivity contribution is 9.10. The number of nitrogens with zero attached hydrogens (tertiary/aromatic N) is 2. The van der Waals surface area contributed by atoms with E-state index in [2.05, 4.69) is 21.2 Å². The number of nitriles is 2. The molecule has 148 valence electrons. The van der Waals surface area contributed by atoms with E-state index in [9.17, 15) is 10.1 Å². The molecule has 0 radical (unpaired) electrons. The molecular formula is C21H17BrClN3O3. The van der Waals surface area contributed by atoms with Gasteiger partial charge in [-0.1, -0.05) is 17.7 Å². The summed E-state index contributed by atoms with van der Waals surface area (Å²) in [5, 5.41) is 21.4. The van der Waals surface area contributed by atoms with Crippen LogP contribution in [-0.4, -0.2) is 19.1 Å². The van der Waals surface area contributed by atoms with Gasteiger partial charge in [0.2, 0.25) is 0 Å². The van der Waals surface area contributed by atoms with Crippen LogP contribution in [0.1, 0.15) is 18.1 Å². The fourth-order valence-electron chi connectivity index (χ4n) is 2.41. The summed E-state index contributed by atoms with van der Waals surface area (Å²) in [6, 6.07) is 12.2. The van der Waals surface area contributed by atoms with Gasteiger partial charge in [-0.2, -0.15) is 10.5 Å². The molecule has 0 heterocycles. The summed E-state index contributed by atoms with van der Waals surface area (Å²) >= 11 is 9.35. The first-order chi connectivity index (χ1) is 13.9. The number of benzene rings is 2. The molecule has 29 heavy (non-hydrogen) atoms. The van der Waals surface area contributed by atoms with Crippen molar-refractivity contribution >= 4 is 45.2 Å². The third-order valence-corrected chi connectivity index (χ3v) is 4.56. The Labute approximate surface area is 182 Å². The van der Waals surface area contributed by atoms with Gasteiger partial charge in [0.15, 0.2) is 18.1 Å². The summed E-state index contributed by atoms with van der Waals surface area (Å²) in [7, 11) is 0. The van der Waals surface area contributed by atoms with Crippen molar-refractivity contribution in [3.8, 4) is 23.6 Å². The zero-order valence-electron chi connectivity index (χ0n) is 15.8. The van der Waals surface area contributed by atoms with E-state index in [1.165, 1.54) is 6.08 Å². The number of hydrogen-bond acceptors (Lipinski definition) is 5. The molecule has 0 aliphatic heterocycles. The molecule has 8 heteroatoms. The normalized spacial score (nSPS) is 10.6. The van der Waals surface area contributed by atoms with Gasteiger partial charge in [0.25, 0.3) is 5.91 Å². The lowest BCUT2D eigenvalue weighted by Gasteiger charge is -2.13. The Bertz CT molecular complexity index is 1040. The van der Waals surface area contributed by atoms with Crippen molar-refractivity contribution in [3.63, 3.8) is 0 Å². The van der Waals surface area contributed by atoms with Crippen LogP contribution in [0.25, 0.3) is 6.08 Å². The van der Waals surface area contributed by atoms with Crippen molar-refractivity contribution in [2.45, 2.75) is 13.8 Å². The van der Waals surface area contributed by atoms with Crippen LogP contribution in [-0.2, 0) is 4.79 Å². The molecule has 0 spiro atoms. The molecule has 2 aromatic carbocycles. The molecule has 0 aliphatic rings. The van der Waals surface area contributed by atoms with E-state index in [1.54, 1.807) is 30.3 Å². The fraction of sp³-hybridized carbons (Fsp3) is 0.190. The zero-order chi connectivity index (χ0) is 21.4. The molecule has 2 rings (SSSR count). The topological polar surface area (TPSA) is 95.1 Å². The summed E-state index contributed by atoms with van der Waals surface area (Å²) in [5.74, 6) is 0.214. The predicted octanol–water partition coefficient (Wildman–Crippen LogP) is 5.26. The molecule has 1 amide bonds. The van der Waals surface area contributed by atoms with Gasteiger partial charge in [-0.3, -0.25) is 4.79 Å². The van der Waals surface area contributed by atoms with Crippen LogP contribution in [0.2, 0.25) is 5.02 Å². The van der Waals surface area contributed by atoms with Crippen LogP contribution in [0.5, 0.6) is 11.5 Å². The maximum Gasteiger partial charge on any atom is 0.266 e. The largest absolute Gasteiger partial charge is 0.490 e. The van der Waals surface area contributed by atoms with Crippen molar-refractivity contribution in [1.82, 2.24) is 0 Å². The third-order valence-electron chi connectivity index (χ3n) is 3.74. The Morgan fingerprint density at radius 2 is 2.03 bits per heavy atom. The lowest BCUT2D eigenvalue weighted by Crippen LogP contribution is -2.14. The van der Waals surface area contributed by atoms with Gasteiger partial charge in [-0.05, 0) is 71.2 Å². The number of anilines is 1. The summed E-state index contributed by atoms with van der Waals surface area (Å²) in [6.07, 6.45) is 1.44. The van der Waals surface area contributed by atoms with Crippen molar-refractivity contribution in [1.29, 1.82) is 10.5 Å². The molecule has 2 aromatic rings.